The molecule has 1 saturated carbocycles. The fourth-order valence-electron chi connectivity index (χ4n) is 5.50. The topological polar surface area (TPSA) is 46.2 Å². The number of amides is 1. The Balaban J connectivity index is 1.81. The normalized spacial score (nSPS) is 24.9. The van der Waals surface area contributed by atoms with E-state index in [-0.39, 0.29) is 29.9 Å². The zero-order chi connectivity index (χ0) is 21.8. The number of anilines is 1. The van der Waals surface area contributed by atoms with Gasteiger partial charge in [-0.3, -0.25) is 9.59 Å². The predicted molar refractivity (Wildman–Crippen MR) is 124 cm³/mol. The van der Waals surface area contributed by atoms with Gasteiger partial charge in [-0.05, 0) is 47.9 Å². The second-order valence-electron chi connectivity index (χ2n) is 8.53. The Labute approximate surface area is 191 Å². The third-order valence-electron chi connectivity index (χ3n) is 6.71. The maximum absolute atomic E-state index is 13.9. The number of halogens is 2. The Bertz CT molecular complexity index is 1160. The van der Waals surface area contributed by atoms with Gasteiger partial charge in [0.15, 0.2) is 0 Å². The van der Waals surface area contributed by atoms with Crippen LogP contribution in [0.15, 0.2) is 66.7 Å². The highest BCUT2D eigenvalue weighted by atomic mass is 35.5. The van der Waals surface area contributed by atoms with Crippen molar-refractivity contribution in [3.63, 3.8) is 0 Å². The quantitative estimate of drug-likeness (QED) is 0.490. The van der Waals surface area contributed by atoms with Crippen LogP contribution in [0.2, 0.25) is 10.0 Å². The number of ketones is 1. The molecule has 5 rings (SSSR count). The molecule has 31 heavy (non-hydrogen) atoms. The summed E-state index contributed by atoms with van der Waals surface area (Å²) in [7, 11) is 0. The van der Waals surface area contributed by atoms with E-state index in [9.17, 15) is 9.59 Å². The summed E-state index contributed by atoms with van der Waals surface area (Å²) in [6.45, 7) is 2.03. The van der Waals surface area contributed by atoms with Crippen LogP contribution < -0.4 is 5.32 Å². The number of rotatable bonds is 2. The SMILES string of the molecule is Cc1cccc([C@H]2CC(=O)C[C@@H](c3cccc(Cl)c3)[C@]23C(=O)Nc2cc(Cl)ccc23)c1. The Hall–Kier alpha value is -2.62. The van der Waals surface area contributed by atoms with E-state index in [1.54, 1.807) is 6.07 Å². The van der Waals surface area contributed by atoms with Crippen molar-refractivity contribution in [2.24, 2.45) is 0 Å². The van der Waals surface area contributed by atoms with Gasteiger partial charge in [0.25, 0.3) is 0 Å². The average Bonchev–Trinajstić information content (AvgIpc) is 3.01. The van der Waals surface area contributed by atoms with Crippen LogP contribution in [-0.4, -0.2) is 11.7 Å². The summed E-state index contributed by atoms with van der Waals surface area (Å²) in [6.07, 6.45) is 0.605. The van der Waals surface area contributed by atoms with Crippen molar-refractivity contribution in [2.75, 3.05) is 5.32 Å². The summed E-state index contributed by atoms with van der Waals surface area (Å²) in [5.74, 6) is -0.563. The van der Waals surface area contributed by atoms with Crippen LogP contribution in [0.4, 0.5) is 5.69 Å². The second-order valence-corrected chi connectivity index (χ2v) is 9.41. The van der Waals surface area contributed by atoms with Crippen molar-refractivity contribution in [1.29, 1.82) is 0 Å². The second kappa shape index (κ2) is 7.51. The van der Waals surface area contributed by atoms with E-state index in [2.05, 4.69) is 11.4 Å². The maximum atomic E-state index is 13.9. The largest absolute Gasteiger partial charge is 0.325 e. The van der Waals surface area contributed by atoms with E-state index in [0.717, 1.165) is 27.9 Å². The number of hydrogen-bond donors (Lipinski definition) is 1. The van der Waals surface area contributed by atoms with Gasteiger partial charge in [-0.1, -0.05) is 71.2 Å². The first-order valence-electron chi connectivity index (χ1n) is 10.3. The Morgan fingerprint density at radius 1 is 0.839 bits per heavy atom. The number of benzene rings is 3. The highest BCUT2D eigenvalue weighted by Gasteiger charge is 2.60. The minimum atomic E-state index is -0.924. The molecule has 3 atom stereocenters. The number of carbonyl (C=O) groups excluding carboxylic acids is 2. The lowest BCUT2D eigenvalue weighted by Gasteiger charge is -2.46. The standard InChI is InChI=1S/C26H21Cl2NO2/c1-15-4-2-5-16(10-15)22-13-20(30)14-23(17-6-3-7-18(27)11-17)26(22)21-9-8-19(28)12-24(21)29-25(26)31/h2-12,22-23H,13-14H2,1H3,(H,29,31)/t22-,23+,26-/m1/s1. The van der Waals surface area contributed by atoms with Gasteiger partial charge >= 0.3 is 0 Å². The van der Waals surface area contributed by atoms with Gasteiger partial charge in [-0.25, -0.2) is 0 Å². The molecule has 1 aliphatic carbocycles. The van der Waals surface area contributed by atoms with Crippen molar-refractivity contribution < 1.29 is 9.59 Å². The van der Waals surface area contributed by atoms with E-state index in [4.69, 9.17) is 23.2 Å². The summed E-state index contributed by atoms with van der Waals surface area (Å²) in [6, 6.07) is 21.2. The summed E-state index contributed by atoms with van der Waals surface area (Å²) in [5.41, 5.74) is 3.68. The van der Waals surface area contributed by atoms with Gasteiger partial charge in [0.2, 0.25) is 5.91 Å². The molecule has 2 aliphatic rings. The third kappa shape index (κ3) is 3.19. The lowest BCUT2D eigenvalue weighted by atomic mass is 9.54. The van der Waals surface area contributed by atoms with Crippen LogP contribution in [0.1, 0.15) is 46.9 Å². The molecule has 0 radical (unpaired) electrons. The van der Waals surface area contributed by atoms with Crippen molar-refractivity contribution >= 4 is 40.6 Å². The van der Waals surface area contributed by atoms with E-state index in [1.807, 2.05) is 61.5 Å². The number of carbonyl (C=O) groups is 2. The van der Waals surface area contributed by atoms with Crippen molar-refractivity contribution in [3.8, 4) is 0 Å². The molecule has 0 saturated heterocycles. The van der Waals surface area contributed by atoms with Gasteiger partial charge < -0.3 is 5.32 Å². The number of hydrogen-bond acceptors (Lipinski definition) is 2. The molecular formula is C26H21Cl2NO2. The molecule has 1 fully saturated rings. The smallest absolute Gasteiger partial charge is 0.236 e. The molecule has 156 valence electrons. The first-order valence-corrected chi connectivity index (χ1v) is 11.1. The predicted octanol–water partition coefficient (Wildman–Crippen LogP) is 6.42. The molecule has 1 heterocycles. The van der Waals surface area contributed by atoms with Crippen molar-refractivity contribution in [1.82, 2.24) is 0 Å². The molecule has 0 aromatic heterocycles. The summed E-state index contributed by atoms with van der Waals surface area (Å²) < 4.78 is 0. The van der Waals surface area contributed by atoms with Crippen LogP contribution in [-0.2, 0) is 15.0 Å². The van der Waals surface area contributed by atoms with E-state index < -0.39 is 5.41 Å². The molecule has 0 bridgehead atoms. The molecule has 1 aliphatic heterocycles. The van der Waals surface area contributed by atoms with Gasteiger partial charge in [0.1, 0.15) is 5.78 Å². The summed E-state index contributed by atoms with van der Waals surface area (Å²) in [4.78, 5) is 26.9. The van der Waals surface area contributed by atoms with Gasteiger partial charge in [-0.15, -0.1) is 0 Å². The highest BCUT2D eigenvalue weighted by Crippen LogP contribution is 2.60. The minimum Gasteiger partial charge on any atom is -0.325 e. The van der Waals surface area contributed by atoms with Crippen molar-refractivity contribution in [3.05, 3.63) is 99.0 Å². The van der Waals surface area contributed by atoms with Gasteiger partial charge in [-0.2, -0.15) is 0 Å². The molecule has 3 aromatic carbocycles. The monoisotopic (exact) mass is 449 g/mol. The minimum absolute atomic E-state index is 0.0891. The maximum Gasteiger partial charge on any atom is 0.236 e. The number of Topliss-reactive ketones (excluding diaryl/α,β-unsaturated/α-hetero) is 1. The molecular weight excluding hydrogens is 429 g/mol. The van der Waals surface area contributed by atoms with Crippen LogP contribution in [0.3, 0.4) is 0 Å². The van der Waals surface area contributed by atoms with E-state index in [1.165, 1.54) is 0 Å². The Kier molecular flexibility index (Phi) is 4.91. The van der Waals surface area contributed by atoms with Crippen LogP contribution in [0, 0.1) is 6.92 Å². The van der Waals surface area contributed by atoms with Crippen LogP contribution in [0.25, 0.3) is 0 Å². The zero-order valence-electron chi connectivity index (χ0n) is 17.0. The third-order valence-corrected chi connectivity index (χ3v) is 7.18. The molecule has 1 spiro atoms. The molecule has 3 nitrogen and oxygen atoms in total. The summed E-state index contributed by atoms with van der Waals surface area (Å²) in [5, 5.41) is 4.23. The fourth-order valence-corrected chi connectivity index (χ4v) is 5.87. The van der Waals surface area contributed by atoms with Crippen LogP contribution >= 0.6 is 23.2 Å². The van der Waals surface area contributed by atoms with E-state index in [0.29, 0.717) is 16.5 Å². The molecule has 1 N–H and O–H groups in total. The Morgan fingerprint density at radius 3 is 2.16 bits per heavy atom. The number of nitrogens with one attached hydrogen (secondary N) is 1. The molecule has 0 unspecified atom stereocenters. The number of fused-ring (bicyclic) bond motifs is 2. The molecule has 3 aromatic rings. The first-order chi connectivity index (χ1) is 14.9. The lowest BCUT2D eigenvalue weighted by Crippen LogP contribution is -2.50. The molecule has 1 amide bonds. The number of aryl methyl sites for hydroxylation is 1. The Morgan fingerprint density at radius 2 is 1.48 bits per heavy atom. The van der Waals surface area contributed by atoms with E-state index >= 15 is 0 Å². The summed E-state index contributed by atoms with van der Waals surface area (Å²) >= 11 is 12.6. The van der Waals surface area contributed by atoms with Gasteiger partial charge in [0.05, 0.1) is 5.41 Å². The van der Waals surface area contributed by atoms with Gasteiger partial charge in [0, 0.05) is 40.4 Å². The first kappa shape index (κ1) is 20.3. The van der Waals surface area contributed by atoms with Crippen LogP contribution in [0.5, 0.6) is 0 Å². The lowest BCUT2D eigenvalue weighted by molar-refractivity contribution is -0.128. The van der Waals surface area contributed by atoms with Crippen molar-refractivity contribution in [2.45, 2.75) is 37.0 Å². The zero-order valence-corrected chi connectivity index (χ0v) is 18.5. The average molecular weight is 450 g/mol. The fraction of sp³-hybridized carbons (Fsp3) is 0.231. The highest BCUT2D eigenvalue weighted by molar-refractivity contribution is 6.31. The molecule has 5 heteroatoms.